The van der Waals surface area contributed by atoms with Crippen LogP contribution in [0.3, 0.4) is 0 Å². The number of amides is 2. The fourth-order valence-electron chi connectivity index (χ4n) is 5.00. The topological polar surface area (TPSA) is 75.4 Å². The van der Waals surface area contributed by atoms with Gasteiger partial charge in [-0.15, -0.1) is 0 Å². The molecular weight excluding hydrogens is 402 g/mol. The molecule has 2 amide bonds. The second-order valence-corrected chi connectivity index (χ2v) is 9.44. The van der Waals surface area contributed by atoms with Crippen molar-refractivity contribution in [3.63, 3.8) is 0 Å². The average molecular weight is 438 g/mol. The summed E-state index contributed by atoms with van der Waals surface area (Å²) in [5, 5.41) is 6.88. The van der Waals surface area contributed by atoms with Gasteiger partial charge in [0.15, 0.2) is 11.5 Å². The van der Waals surface area contributed by atoms with E-state index in [1.165, 1.54) is 31.2 Å². The Morgan fingerprint density at radius 1 is 1.00 bits per heavy atom. The van der Waals surface area contributed by atoms with E-state index < -0.39 is 0 Å². The van der Waals surface area contributed by atoms with Crippen LogP contribution in [0.5, 0.6) is 0 Å². The van der Waals surface area contributed by atoms with E-state index in [0.717, 1.165) is 44.1 Å². The third-order valence-corrected chi connectivity index (χ3v) is 6.94. The zero-order valence-electron chi connectivity index (χ0n) is 19.1. The molecule has 4 rings (SSSR count). The Bertz CT molecular complexity index is 893. The number of nitrogens with zero attached hydrogens (tertiary/aromatic N) is 2. The molecule has 2 aliphatic carbocycles. The van der Waals surface area contributed by atoms with E-state index in [0.29, 0.717) is 18.8 Å². The molecule has 1 N–H and O–H groups in total. The zero-order valence-corrected chi connectivity index (χ0v) is 19.1. The van der Waals surface area contributed by atoms with Crippen molar-refractivity contribution in [1.82, 2.24) is 15.4 Å². The lowest BCUT2D eigenvalue weighted by Gasteiger charge is -2.37. The van der Waals surface area contributed by atoms with Crippen molar-refractivity contribution in [2.75, 3.05) is 0 Å². The predicted octanol–water partition coefficient (Wildman–Crippen LogP) is 5.15. The standard InChI is InChI=1S/C26H35N3O3/c1-19-12-14-20(15-13-19)17-27-25(30)24-16-23(32-28-24)18-29(22-10-6-3-7-11-22)26(31)21-8-4-2-5-9-21/h12-16,21-22H,2-11,17-18H2,1H3,(H,27,30). The molecule has 172 valence electrons. The molecule has 6 nitrogen and oxygen atoms in total. The molecule has 0 atom stereocenters. The highest BCUT2D eigenvalue weighted by atomic mass is 16.5. The van der Waals surface area contributed by atoms with Gasteiger partial charge >= 0.3 is 0 Å². The van der Waals surface area contributed by atoms with Gasteiger partial charge in [-0.25, -0.2) is 0 Å². The number of carbonyl (C=O) groups is 2. The molecule has 0 aliphatic heterocycles. The molecule has 2 aromatic rings. The molecule has 0 saturated heterocycles. The van der Waals surface area contributed by atoms with Crippen LogP contribution in [0.2, 0.25) is 0 Å². The van der Waals surface area contributed by atoms with Crippen molar-refractivity contribution in [2.45, 2.75) is 90.3 Å². The van der Waals surface area contributed by atoms with E-state index in [4.69, 9.17) is 4.52 Å². The molecule has 0 bridgehead atoms. The maximum absolute atomic E-state index is 13.4. The summed E-state index contributed by atoms with van der Waals surface area (Å²) in [4.78, 5) is 28.0. The predicted molar refractivity (Wildman–Crippen MR) is 123 cm³/mol. The van der Waals surface area contributed by atoms with Crippen molar-refractivity contribution in [1.29, 1.82) is 0 Å². The minimum absolute atomic E-state index is 0.130. The normalized spacial score (nSPS) is 17.8. The van der Waals surface area contributed by atoms with Crippen molar-refractivity contribution in [3.8, 4) is 0 Å². The fourth-order valence-corrected chi connectivity index (χ4v) is 5.00. The van der Waals surface area contributed by atoms with Crippen LogP contribution in [0.25, 0.3) is 0 Å². The smallest absolute Gasteiger partial charge is 0.273 e. The molecule has 1 heterocycles. The summed E-state index contributed by atoms with van der Waals surface area (Å²) < 4.78 is 5.51. The number of aromatic nitrogens is 1. The maximum Gasteiger partial charge on any atom is 0.273 e. The molecule has 0 unspecified atom stereocenters. The molecule has 2 aliphatic rings. The first-order valence-corrected chi connectivity index (χ1v) is 12.2. The van der Waals surface area contributed by atoms with Crippen LogP contribution in [0.15, 0.2) is 34.9 Å². The third kappa shape index (κ3) is 5.78. The quantitative estimate of drug-likeness (QED) is 0.650. The first-order valence-electron chi connectivity index (χ1n) is 12.2. The monoisotopic (exact) mass is 437 g/mol. The molecule has 1 aromatic carbocycles. The van der Waals surface area contributed by atoms with Crippen molar-refractivity contribution < 1.29 is 14.1 Å². The summed E-state index contributed by atoms with van der Waals surface area (Å²) >= 11 is 0. The zero-order chi connectivity index (χ0) is 22.3. The second kappa shape index (κ2) is 10.8. The van der Waals surface area contributed by atoms with Gasteiger partial charge in [-0.3, -0.25) is 9.59 Å². The Hall–Kier alpha value is -2.63. The molecule has 0 spiro atoms. The van der Waals surface area contributed by atoms with Crippen LogP contribution in [0.1, 0.15) is 91.6 Å². The van der Waals surface area contributed by atoms with E-state index in [-0.39, 0.29) is 29.5 Å². The summed E-state index contributed by atoms with van der Waals surface area (Å²) in [6.07, 6.45) is 11.2. The van der Waals surface area contributed by atoms with Crippen molar-refractivity contribution in [3.05, 3.63) is 52.9 Å². The minimum Gasteiger partial charge on any atom is -0.359 e. The second-order valence-electron chi connectivity index (χ2n) is 9.44. The number of hydrogen-bond donors (Lipinski definition) is 1. The molecule has 2 fully saturated rings. The molecule has 6 heteroatoms. The summed E-state index contributed by atoms with van der Waals surface area (Å²) in [7, 11) is 0. The molecular formula is C26H35N3O3. The van der Waals surface area contributed by atoms with Crippen molar-refractivity contribution in [2.24, 2.45) is 5.92 Å². The summed E-state index contributed by atoms with van der Waals surface area (Å²) in [5.74, 6) is 0.716. The van der Waals surface area contributed by atoms with E-state index in [9.17, 15) is 9.59 Å². The van der Waals surface area contributed by atoms with Gasteiger partial charge in [-0.05, 0) is 38.2 Å². The number of rotatable bonds is 7. The van der Waals surface area contributed by atoms with Gasteiger partial charge < -0.3 is 14.7 Å². The van der Waals surface area contributed by atoms with Crippen LogP contribution >= 0.6 is 0 Å². The first-order chi connectivity index (χ1) is 15.6. The Balaban J connectivity index is 1.40. The van der Waals surface area contributed by atoms with Crippen LogP contribution < -0.4 is 5.32 Å². The van der Waals surface area contributed by atoms with E-state index >= 15 is 0 Å². The number of hydrogen-bond acceptors (Lipinski definition) is 4. The van der Waals surface area contributed by atoms with Gasteiger partial charge in [0.25, 0.3) is 5.91 Å². The van der Waals surface area contributed by atoms with Gasteiger partial charge in [0, 0.05) is 24.6 Å². The van der Waals surface area contributed by atoms with E-state index in [1.807, 2.05) is 36.1 Å². The molecule has 2 saturated carbocycles. The SMILES string of the molecule is Cc1ccc(CNC(=O)c2cc(CN(C(=O)C3CCCCC3)C3CCCCC3)on2)cc1. The molecule has 32 heavy (non-hydrogen) atoms. The largest absolute Gasteiger partial charge is 0.359 e. The Morgan fingerprint density at radius 2 is 1.66 bits per heavy atom. The van der Waals surface area contributed by atoms with Gasteiger partial charge in [-0.1, -0.05) is 73.5 Å². The number of carbonyl (C=O) groups excluding carboxylic acids is 2. The minimum atomic E-state index is -0.261. The summed E-state index contributed by atoms with van der Waals surface area (Å²) in [6, 6.07) is 10.0. The molecule has 0 radical (unpaired) electrons. The van der Waals surface area contributed by atoms with Gasteiger partial charge in [-0.2, -0.15) is 0 Å². The average Bonchev–Trinajstić information content (AvgIpc) is 3.31. The molecule has 1 aromatic heterocycles. The Morgan fingerprint density at radius 3 is 2.34 bits per heavy atom. The fraction of sp³-hybridized carbons (Fsp3) is 0.577. The summed E-state index contributed by atoms with van der Waals surface area (Å²) in [5.41, 5.74) is 2.49. The maximum atomic E-state index is 13.4. The van der Waals surface area contributed by atoms with Gasteiger partial charge in [0.2, 0.25) is 5.91 Å². The van der Waals surface area contributed by atoms with Crippen molar-refractivity contribution >= 4 is 11.8 Å². The van der Waals surface area contributed by atoms with Crippen LogP contribution in [-0.2, 0) is 17.9 Å². The van der Waals surface area contributed by atoms with Crippen LogP contribution in [-0.4, -0.2) is 27.9 Å². The number of benzene rings is 1. The highest BCUT2D eigenvalue weighted by Crippen LogP contribution is 2.30. The van der Waals surface area contributed by atoms with Crippen LogP contribution in [0.4, 0.5) is 0 Å². The van der Waals surface area contributed by atoms with E-state index in [2.05, 4.69) is 10.5 Å². The third-order valence-electron chi connectivity index (χ3n) is 6.94. The lowest BCUT2D eigenvalue weighted by atomic mass is 9.86. The van der Waals surface area contributed by atoms with Gasteiger partial charge in [0.05, 0.1) is 6.54 Å². The number of aryl methyl sites for hydroxylation is 1. The van der Waals surface area contributed by atoms with Gasteiger partial charge in [0.1, 0.15) is 0 Å². The Kier molecular flexibility index (Phi) is 7.61. The first kappa shape index (κ1) is 22.6. The Labute approximate surface area is 190 Å². The highest BCUT2D eigenvalue weighted by Gasteiger charge is 2.32. The van der Waals surface area contributed by atoms with E-state index in [1.54, 1.807) is 6.07 Å². The lowest BCUT2D eigenvalue weighted by Crippen LogP contribution is -2.44. The highest BCUT2D eigenvalue weighted by molar-refractivity contribution is 5.92. The lowest BCUT2D eigenvalue weighted by molar-refractivity contribution is -0.140. The summed E-state index contributed by atoms with van der Waals surface area (Å²) in [6.45, 7) is 2.88. The number of nitrogens with one attached hydrogen (secondary N) is 1. The van der Waals surface area contributed by atoms with Crippen LogP contribution in [0, 0.1) is 12.8 Å².